The van der Waals surface area contributed by atoms with Gasteiger partial charge in [-0.3, -0.25) is 14.5 Å². The number of rotatable bonds is 18. The van der Waals surface area contributed by atoms with Crippen LogP contribution in [-0.4, -0.2) is 113 Å². The van der Waals surface area contributed by atoms with Crippen LogP contribution in [0.1, 0.15) is 31.9 Å². The lowest BCUT2D eigenvalue weighted by atomic mass is 9.85. The highest BCUT2D eigenvalue weighted by Gasteiger charge is 2.35. The molecule has 16 heteroatoms. The topological polar surface area (TPSA) is 165 Å². The quantitative estimate of drug-likeness (QED) is 0.101. The molecule has 3 atom stereocenters. The monoisotopic (exact) mass is 797 g/mol. The molecule has 1 saturated heterocycles. The van der Waals surface area contributed by atoms with Gasteiger partial charge in [-0.1, -0.05) is 74.6 Å². The summed E-state index contributed by atoms with van der Waals surface area (Å²) in [5, 5.41) is 20.9. The number of likely N-dealkylation sites (N-methyl/N-ethyl adjacent to an activating group) is 1. The van der Waals surface area contributed by atoms with Crippen molar-refractivity contribution in [2.75, 3.05) is 64.4 Å². The normalized spacial score (nSPS) is 15.7. The summed E-state index contributed by atoms with van der Waals surface area (Å²) >= 11 is 1.41. The maximum Gasteiger partial charge on any atom is 0.243 e. The number of sulfonamides is 1. The number of morpholine rings is 1. The van der Waals surface area contributed by atoms with Gasteiger partial charge in [0.15, 0.2) is 5.13 Å². The minimum Gasteiger partial charge on any atom is -0.390 e. The van der Waals surface area contributed by atoms with Gasteiger partial charge in [-0.05, 0) is 53.3 Å². The Morgan fingerprint density at radius 2 is 1.75 bits per heavy atom. The number of nitrogens with zero attached hydrogens (tertiary/aromatic N) is 3. The maximum atomic E-state index is 13.8. The van der Waals surface area contributed by atoms with Crippen LogP contribution in [0.3, 0.4) is 0 Å². The average Bonchev–Trinajstić information content (AvgIpc) is 3.59. The minimum atomic E-state index is -4.06. The Morgan fingerprint density at radius 1 is 1.02 bits per heavy atom. The zero-order valence-electron chi connectivity index (χ0n) is 31.8. The van der Waals surface area contributed by atoms with Crippen LogP contribution in [0.25, 0.3) is 10.2 Å². The van der Waals surface area contributed by atoms with E-state index in [2.05, 4.69) is 30.5 Å². The second-order valence-corrected chi connectivity index (χ2v) is 17.6. The zero-order chi connectivity index (χ0) is 39.6. The van der Waals surface area contributed by atoms with E-state index in [4.69, 9.17) is 9.72 Å². The van der Waals surface area contributed by atoms with E-state index in [0.29, 0.717) is 15.8 Å². The van der Waals surface area contributed by atoms with Gasteiger partial charge in [0.1, 0.15) is 11.9 Å². The van der Waals surface area contributed by atoms with E-state index >= 15 is 0 Å². The minimum absolute atomic E-state index is 0.0310. The summed E-state index contributed by atoms with van der Waals surface area (Å²) in [4.78, 5) is 35.9. The zero-order valence-corrected chi connectivity index (χ0v) is 33.4. The maximum absolute atomic E-state index is 13.8. The summed E-state index contributed by atoms with van der Waals surface area (Å²) in [6, 6.07) is 18.1. The number of aromatic nitrogens is 1. The number of hydrogen-bond acceptors (Lipinski definition) is 11. The Labute approximate surface area is 326 Å². The third-order valence-corrected chi connectivity index (χ3v) is 11.9. The average molecular weight is 798 g/mol. The molecule has 4 aromatic rings. The molecule has 1 aliphatic heterocycles. The molecule has 2 amide bonds. The molecule has 0 bridgehead atoms. The first-order valence-electron chi connectivity index (χ1n) is 18.4. The largest absolute Gasteiger partial charge is 0.390 e. The molecule has 298 valence electrons. The highest BCUT2D eigenvalue weighted by atomic mass is 32.2. The number of carbonyl (C=O) groups excluding carboxylic acids is 2. The summed E-state index contributed by atoms with van der Waals surface area (Å²) in [6.45, 7) is 10.1. The highest BCUT2D eigenvalue weighted by molar-refractivity contribution is 7.89. The van der Waals surface area contributed by atoms with Crippen LogP contribution in [0.15, 0.2) is 77.7 Å². The molecule has 13 nitrogen and oxygen atoms in total. The molecule has 0 aliphatic carbocycles. The van der Waals surface area contributed by atoms with Gasteiger partial charge in [-0.2, -0.15) is 0 Å². The van der Waals surface area contributed by atoms with Gasteiger partial charge in [0.05, 0.1) is 47.0 Å². The molecule has 1 unspecified atom stereocenters. The number of nitrogens with one attached hydrogen (secondary N) is 4. The molecule has 0 saturated carbocycles. The van der Waals surface area contributed by atoms with Crippen molar-refractivity contribution < 1.29 is 32.2 Å². The fourth-order valence-electron chi connectivity index (χ4n) is 6.13. The molecule has 1 fully saturated rings. The molecule has 5 rings (SSSR count). The predicted octanol–water partition coefficient (Wildman–Crippen LogP) is 2.89. The van der Waals surface area contributed by atoms with Gasteiger partial charge >= 0.3 is 0 Å². The van der Waals surface area contributed by atoms with Gasteiger partial charge in [-0.15, -0.1) is 0 Å². The number of halogens is 1. The molecule has 1 aromatic heterocycles. The van der Waals surface area contributed by atoms with Gasteiger partial charge in [0, 0.05) is 46.3 Å². The van der Waals surface area contributed by atoms with Crippen molar-refractivity contribution in [3.8, 4) is 0 Å². The van der Waals surface area contributed by atoms with Gasteiger partial charge in [0.25, 0.3) is 0 Å². The Kier molecular flexibility index (Phi) is 14.7. The first kappa shape index (κ1) is 42.1. The fraction of sp³-hybridized carbons (Fsp3) is 0.462. The summed E-state index contributed by atoms with van der Waals surface area (Å²) in [6.07, 6.45) is -1.13. The van der Waals surface area contributed by atoms with Crippen LogP contribution in [-0.2, 0) is 37.3 Å². The number of thiazole rings is 1. The second kappa shape index (κ2) is 19.2. The van der Waals surface area contributed by atoms with Crippen molar-refractivity contribution in [1.82, 2.24) is 30.6 Å². The number of ether oxygens (including phenoxy) is 1. The van der Waals surface area contributed by atoms with E-state index in [-0.39, 0.29) is 36.8 Å². The van der Waals surface area contributed by atoms with Gasteiger partial charge in [-0.25, -0.2) is 22.5 Å². The first-order valence-corrected chi connectivity index (χ1v) is 20.7. The number of amides is 2. The van der Waals surface area contributed by atoms with E-state index < -0.39 is 45.4 Å². The molecule has 0 spiro atoms. The lowest BCUT2D eigenvalue weighted by Crippen LogP contribution is -2.59. The lowest BCUT2D eigenvalue weighted by Gasteiger charge is -2.33. The SMILES string of the molecule is CN(CCN1CCOCC1)c1nc2ccc(S(=O)(=O)NC[C@@H](O)[C@H](Cc3ccccc3)NC(=O)C(NC(=O)CNCc3cccc(F)c3)C(C)(C)C)cc2s1. The Hall–Kier alpha value is -4.03. The second-order valence-electron chi connectivity index (χ2n) is 14.8. The molecule has 2 heterocycles. The van der Waals surface area contributed by atoms with E-state index in [1.165, 1.54) is 29.5 Å². The molecule has 0 radical (unpaired) electrons. The first-order chi connectivity index (χ1) is 26.2. The summed E-state index contributed by atoms with van der Waals surface area (Å²) in [5.41, 5.74) is 1.45. The number of aliphatic hydroxyl groups excluding tert-OH is 1. The highest BCUT2D eigenvalue weighted by Crippen LogP contribution is 2.30. The number of anilines is 1. The Balaban J connectivity index is 1.22. The van der Waals surface area contributed by atoms with E-state index in [0.717, 1.165) is 50.1 Å². The molecular formula is C39H52FN7O6S2. The number of aliphatic hydroxyl groups is 1. The number of fused-ring (bicyclic) bond motifs is 1. The van der Waals surface area contributed by atoms with Crippen molar-refractivity contribution >= 4 is 48.5 Å². The van der Waals surface area contributed by atoms with E-state index in [1.54, 1.807) is 45.0 Å². The smallest absolute Gasteiger partial charge is 0.243 e. The Morgan fingerprint density at radius 3 is 2.45 bits per heavy atom. The van der Waals surface area contributed by atoms with Gasteiger partial charge < -0.3 is 30.7 Å². The molecule has 1 aliphatic rings. The van der Waals surface area contributed by atoms with Crippen molar-refractivity contribution in [2.24, 2.45) is 5.41 Å². The number of hydrogen-bond donors (Lipinski definition) is 5. The van der Waals surface area contributed by atoms with Crippen molar-refractivity contribution in [3.05, 3.63) is 89.7 Å². The fourth-order valence-corrected chi connectivity index (χ4v) is 8.27. The Bertz CT molecular complexity index is 1990. The van der Waals surface area contributed by atoms with Crippen LogP contribution in [0, 0.1) is 11.2 Å². The lowest BCUT2D eigenvalue weighted by molar-refractivity contribution is -0.132. The summed E-state index contributed by atoms with van der Waals surface area (Å²) < 4.78 is 49.3. The number of carbonyl (C=O) groups is 2. The molecular weight excluding hydrogens is 746 g/mol. The van der Waals surface area contributed by atoms with Gasteiger partial charge in [0.2, 0.25) is 21.8 Å². The summed E-state index contributed by atoms with van der Waals surface area (Å²) in [5.74, 6) is -1.35. The molecule has 5 N–H and O–H groups in total. The van der Waals surface area contributed by atoms with Crippen LogP contribution in [0.4, 0.5) is 9.52 Å². The third-order valence-electron chi connectivity index (χ3n) is 9.35. The van der Waals surface area contributed by atoms with E-state index in [1.807, 2.05) is 37.4 Å². The summed E-state index contributed by atoms with van der Waals surface area (Å²) in [7, 11) is -2.10. The third kappa shape index (κ3) is 12.5. The van der Waals surface area contributed by atoms with Crippen molar-refractivity contribution in [3.63, 3.8) is 0 Å². The van der Waals surface area contributed by atoms with Crippen molar-refractivity contribution in [1.29, 1.82) is 0 Å². The standard InChI is InChI=1S/C39H52FN7O6S2/c1-39(2,3)36(45-35(49)26-41-24-28-11-8-12-29(40)21-28)37(50)43-32(22-27-9-6-5-7-10-27)33(48)25-42-55(51,52)30-13-14-31-34(23-30)54-38(44-31)46(4)15-16-47-17-19-53-20-18-47/h5-14,21,23,32-33,36,41-42,48H,15-20,22,24-26H2,1-4H3,(H,43,50)(H,45,49)/t32-,33+,36?/m0/s1. The van der Waals surface area contributed by atoms with E-state index in [9.17, 15) is 27.5 Å². The number of benzene rings is 3. The van der Waals surface area contributed by atoms with Crippen LogP contribution < -0.4 is 25.6 Å². The van der Waals surface area contributed by atoms with Crippen LogP contribution in [0.5, 0.6) is 0 Å². The predicted molar refractivity (Wildman–Crippen MR) is 213 cm³/mol. The van der Waals surface area contributed by atoms with Crippen molar-refractivity contribution in [2.45, 2.75) is 56.8 Å². The molecule has 55 heavy (non-hydrogen) atoms. The van der Waals surface area contributed by atoms with Crippen LogP contribution in [0.2, 0.25) is 0 Å². The van der Waals surface area contributed by atoms with Crippen LogP contribution >= 0.6 is 11.3 Å². The molecule has 3 aromatic carbocycles.